The van der Waals surface area contributed by atoms with E-state index in [0.717, 1.165) is 0 Å². The lowest BCUT2D eigenvalue weighted by Crippen LogP contribution is -2.28. The van der Waals surface area contributed by atoms with Crippen molar-refractivity contribution >= 4 is 11.9 Å². The maximum atomic E-state index is 10.6. The maximum absolute atomic E-state index is 10.6. The van der Waals surface area contributed by atoms with Crippen LogP contribution in [0.25, 0.3) is 0 Å². The molecular weight excluding hydrogens is 174 g/mol. The van der Waals surface area contributed by atoms with E-state index in [0.29, 0.717) is 6.54 Å². The Labute approximate surface area is 78.1 Å². The van der Waals surface area contributed by atoms with Crippen molar-refractivity contribution in [2.75, 3.05) is 19.8 Å². The van der Waals surface area contributed by atoms with Crippen LogP contribution in [0.15, 0.2) is 0 Å². The highest BCUT2D eigenvalue weighted by Gasteiger charge is 2.00. The predicted octanol–water partition coefficient (Wildman–Crippen LogP) is 0.250. The summed E-state index contributed by atoms with van der Waals surface area (Å²) in [5.41, 5.74) is 0. The number of amides is 1. The van der Waals surface area contributed by atoms with E-state index in [4.69, 9.17) is 5.11 Å². The van der Waals surface area contributed by atoms with Crippen LogP contribution in [-0.2, 0) is 14.3 Å². The molecule has 78 valence electrons. The van der Waals surface area contributed by atoms with Crippen LogP contribution in [0, 0.1) is 0 Å². The molecule has 1 amide bonds. The highest BCUT2D eigenvalue weighted by molar-refractivity contribution is 5.77. The van der Waals surface area contributed by atoms with Crippen LogP contribution in [0.4, 0.5) is 0 Å². The van der Waals surface area contributed by atoms with Crippen LogP contribution in [0.2, 0.25) is 0 Å². The van der Waals surface area contributed by atoms with Crippen molar-refractivity contribution in [3.63, 3.8) is 0 Å². The third-order valence-corrected chi connectivity index (χ3v) is 0.833. The molecule has 0 spiro atoms. The Morgan fingerprint density at radius 2 is 1.85 bits per heavy atom. The number of carbonyl (C=O) groups is 2. The smallest absolute Gasteiger partial charge is 0.329 e. The highest BCUT2D eigenvalue weighted by atomic mass is 16.5. The molecule has 0 rings (SSSR count). The molecule has 0 fully saturated rings. The number of nitrogens with one attached hydrogen (secondary N) is 1. The summed E-state index contributed by atoms with van der Waals surface area (Å²) in [7, 11) is 0. The average molecular weight is 191 g/mol. The molecule has 5 heteroatoms. The molecule has 0 heterocycles. The van der Waals surface area contributed by atoms with E-state index in [1.165, 1.54) is 0 Å². The average Bonchev–Trinajstić information content (AvgIpc) is 2.08. The molecule has 0 saturated heterocycles. The summed E-state index contributed by atoms with van der Waals surface area (Å²) in [6.07, 6.45) is 0. The zero-order chi connectivity index (χ0) is 10.7. The van der Waals surface area contributed by atoms with Gasteiger partial charge < -0.3 is 15.2 Å². The zero-order valence-corrected chi connectivity index (χ0v) is 8.29. The number of ether oxygens (including phenoxy) is 1. The Kier molecular flexibility index (Phi) is 12.1. The summed E-state index contributed by atoms with van der Waals surface area (Å²) in [4.78, 5) is 20.5. The quantitative estimate of drug-likeness (QED) is 0.653. The summed E-state index contributed by atoms with van der Waals surface area (Å²) in [5, 5.41) is 10.6. The maximum Gasteiger partial charge on any atom is 0.329 e. The van der Waals surface area contributed by atoms with Gasteiger partial charge in [-0.25, -0.2) is 4.79 Å². The molecule has 0 unspecified atom stereocenters. The minimum absolute atomic E-state index is 0.194. The van der Waals surface area contributed by atoms with Crippen molar-refractivity contribution in [1.82, 2.24) is 5.32 Å². The Balaban J connectivity index is 0. The number of hydrogen-bond donors (Lipinski definition) is 2. The van der Waals surface area contributed by atoms with E-state index in [1.807, 2.05) is 13.8 Å². The number of carboxylic acid groups (broad SMARTS) is 1. The van der Waals surface area contributed by atoms with Gasteiger partial charge in [0.15, 0.2) is 0 Å². The first-order valence-electron chi connectivity index (χ1n) is 4.23. The number of carboxylic acids is 1. The van der Waals surface area contributed by atoms with Crippen molar-refractivity contribution in [2.24, 2.45) is 0 Å². The second kappa shape index (κ2) is 10.9. The van der Waals surface area contributed by atoms with Gasteiger partial charge in [-0.3, -0.25) is 4.79 Å². The first-order valence-corrected chi connectivity index (χ1v) is 4.23. The van der Waals surface area contributed by atoms with Gasteiger partial charge >= 0.3 is 5.97 Å². The largest absolute Gasteiger partial charge is 0.480 e. The Hall–Kier alpha value is -1.10. The van der Waals surface area contributed by atoms with E-state index < -0.39 is 12.6 Å². The van der Waals surface area contributed by atoms with Gasteiger partial charge in [0.05, 0.1) is 0 Å². The fourth-order valence-corrected chi connectivity index (χ4v) is 0.479. The van der Waals surface area contributed by atoms with E-state index in [9.17, 15) is 9.59 Å². The number of carbonyl (C=O) groups excluding carboxylic acids is 1. The van der Waals surface area contributed by atoms with E-state index >= 15 is 0 Å². The molecule has 5 nitrogen and oxygen atoms in total. The molecule has 0 aliphatic carbocycles. The molecule has 0 aromatic carbocycles. The molecule has 0 atom stereocenters. The molecule has 0 saturated carbocycles. The molecule has 2 N–H and O–H groups in total. The molecule has 0 aromatic rings. The number of aliphatic carboxylic acids is 1. The number of likely N-dealkylation sites (N-methyl/N-ethyl adjacent to an activating group) is 1. The van der Waals surface area contributed by atoms with Gasteiger partial charge in [-0.15, -0.1) is 0 Å². The van der Waals surface area contributed by atoms with Gasteiger partial charge in [0.1, 0.15) is 13.2 Å². The van der Waals surface area contributed by atoms with E-state index in [-0.39, 0.29) is 12.5 Å². The fraction of sp³-hybridized carbons (Fsp3) is 0.750. The van der Waals surface area contributed by atoms with Gasteiger partial charge in [0.2, 0.25) is 5.91 Å². The summed E-state index contributed by atoms with van der Waals surface area (Å²) in [6, 6.07) is 0. The highest BCUT2D eigenvalue weighted by Crippen LogP contribution is 1.74. The summed E-state index contributed by atoms with van der Waals surface area (Å²) >= 11 is 0. The van der Waals surface area contributed by atoms with Gasteiger partial charge in [-0.2, -0.15) is 0 Å². The second-order valence-corrected chi connectivity index (χ2v) is 1.84. The van der Waals surface area contributed by atoms with Crippen molar-refractivity contribution < 1.29 is 19.4 Å². The monoisotopic (exact) mass is 191 g/mol. The van der Waals surface area contributed by atoms with Crippen LogP contribution in [0.5, 0.6) is 0 Å². The van der Waals surface area contributed by atoms with E-state index in [1.54, 1.807) is 6.92 Å². The topological polar surface area (TPSA) is 75.6 Å². The lowest BCUT2D eigenvalue weighted by atomic mass is 10.6. The van der Waals surface area contributed by atoms with Gasteiger partial charge in [0.25, 0.3) is 0 Å². The van der Waals surface area contributed by atoms with Crippen LogP contribution in [-0.4, -0.2) is 36.7 Å². The van der Waals surface area contributed by atoms with Crippen LogP contribution in [0.3, 0.4) is 0 Å². The molecule has 0 bridgehead atoms. The molecule has 0 aliphatic heterocycles. The zero-order valence-electron chi connectivity index (χ0n) is 8.29. The molecule has 0 aromatic heterocycles. The lowest BCUT2D eigenvalue weighted by molar-refractivity contribution is -0.143. The molecule has 13 heavy (non-hydrogen) atoms. The van der Waals surface area contributed by atoms with Crippen LogP contribution >= 0.6 is 0 Å². The number of rotatable bonds is 5. The SMILES string of the molecule is CC.CCNC(=O)COCC(=O)O. The fourth-order valence-electron chi connectivity index (χ4n) is 0.479. The van der Waals surface area contributed by atoms with Crippen molar-refractivity contribution in [1.29, 1.82) is 0 Å². The van der Waals surface area contributed by atoms with Gasteiger partial charge in [-0.05, 0) is 6.92 Å². The van der Waals surface area contributed by atoms with Crippen molar-refractivity contribution in [3.05, 3.63) is 0 Å². The second-order valence-electron chi connectivity index (χ2n) is 1.84. The summed E-state index contributed by atoms with van der Waals surface area (Å²) < 4.78 is 4.50. The van der Waals surface area contributed by atoms with E-state index in [2.05, 4.69) is 10.1 Å². The Bertz CT molecular complexity index is 147. The molecule has 0 radical (unpaired) electrons. The number of hydrogen-bond acceptors (Lipinski definition) is 3. The van der Waals surface area contributed by atoms with Crippen molar-refractivity contribution in [3.8, 4) is 0 Å². The third kappa shape index (κ3) is 13.8. The normalized spacial score (nSPS) is 8.23. The minimum Gasteiger partial charge on any atom is -0.480 e. The van der Waals surface area contributed by atoms with Crippen molar-refractivity contribution in [2.45, 2.75) is 20.8 Å². The van der Waals surface area contributed by atoms with Crippen LogP contribution < -0.4 is 5.32 Å². The predicted molar refractivity (Wildman–Crippen MR) is 48.5 cm³/mol. The van der Waals surface area contributed by atoms with Gasteiger partial charge in [0, 0.05) is 6.54 Å². The first-order chi connectivity index (χ1) is 6.16. The standard InChI is InChI=1S/C6H11NO4.C2H6/c1-2-7-5(8)3-11-4-6(9)10;1-2/h2-4H2,1H3,(H,7,8)(H,9,10);1-2H3. The van der Waals surface area contributed by atoms with Crippen LogP contribution in [0.1, 0.15) is 20.8 Å². The minimum atomic E-state index is -1.07. The van der Waals surface area contributed by atoms with Gasteiger partial charge in [-0.1, -0.05) is 13.8 Å². The molecule has 0 aliphatic rings. The summed E-state index contributed by atoms with van der Waals surface area (Å²) in [5.74, 6) is -1.37. The lowest BCUT2D eigenvalue weighted by Gasteiger charge is -2.00. The summed E-state index contributed by atoms with van der Waals surface area (Å²) in [6.45, 7) is 5.67. The third-order valence-electron chi connectivity index (χ3n) is 0.833. The first kappa shape index (κ1) is 14.4. The Morgan fingerprint density at radius 3 is 2.23 bits per heavy atom. The molecular formula is C8H17NO4. The Morgan fingerprint density at radius 1 is 1.31 bits per heavy atom.